The van der Waals surface area contributed by atoms with E-state index in [0.29, 0.717) is 12.0 Å². The lowest BCUT2D eigenvalue weighted by atomic mass is 10.1. The fourth-order valence-electron chi connectivity index (χ4n) is 1.34. The molecule has 93 valence electrons. The molecule has 0 atom stereocenters. The van der Waals surface area contributed by atoms with Gasteiger partial charge in [-0.15, -0.1) is 0 Å². The second kappa shape index (κ2) is 5.18. The van der Waals surface area contributed by atoms with Crippen LogP contribution in [-0.2, 0) is 14.6 Å². The van der Waals surface area contributed by atoms with E-state index < -0.39 is 15.7 Å². The van der Waals surface area contributed by atoms with Gasteiger partial charge in [-0.3, -0.25) is 4.79 Å². The van der Waals surface area contributed by atoms with Gasteiger partial charge in [-0.2, -0.15) is 0 Å². The molecule has 0 fully saturated rings. The van der Waals surface area contributed by atoms with Crippen LogP contribution in [0.15, 0.2) is 23.1 Å². The van der Waals surface area contributed by atoms with Crippen LogP contribution in [0.1, 0.15) is 18.4 Å². The minimum Gasteiger partial charge on any atom is -0.507 e. The summed E-state index contributed by atoms with van der Waals surface area (Å²) in [5.74, 6) is -0.692. The molecule has 1 aromatic rings. The highest BCUT2D eigenvalue weighted by molar-refractivity contribution is 7.90. The largest absolute Gasteiger partial charge is 0.507 e. The van der Waals surface area contributed by atoms with Crippen LogP contribution in [0.2, 0.25) is 0 Å². The van der Waals surface area contributed by atoms with Gasteiger partial charge in [0.1, 0.15) is 10.6 Å². The lowest BCUT2D eigenvalue weighted by molar-refractivity contribution is -0.117. The topological polar surface area (TPSA) is 97.5 Å². The van der Waals surface area contributed by atoms with Crippen molar-refractivity contribution in [2.24, 2.45) is 5.73 Å². The maximum absolute atomic E-state index is 11.3. The fourth-order valence-corrected chi connectivity index (χ4v) is 2.13. The molecule has 0 saturated carbocycles. The summed E-state index contributed by atoms with van der Waals surface area (Å²) in [5.41, 5.74) is 5.61. The van der Waals surface area contributed by atoms with E-state index in [4.69, 9.17) is 5.73 Å². The van der Waals surface area contributed by atoms with E-state index in [1.807, 2.05) is 0 Å². The van der Waals surface area contributed by atoms with Crippen LogP contribution < -0.4 is 5.73 Å². The summed E-state index contributed by atoms with van der Waals surface area (Å²) in [6.45, 7) is 0. The van der Waals surface area contributed by atoms with Crippen LogP contribution in [0.5, 0.6) is 5.75 Å². The van der Waals surface area contributed by atoms with Gasteiger partial charge in [-0.05, 0) is 30.5 Å². The number of primary amides is 1. The molecule has 0 spiro atoms. The molecule has 17 heavy (non-hydrogen) atoms. The molecule has 0 saturated heterocycles. The van der Waals surface area contributed by atoms with Gasteiger partial charge in [0.2, 0.25) is 5.91 Å². The van der Waals surface area contributed by atoms with E-state index >= 15 is 0 Å². The van der Waals surface area contributed by atoms with Crippen LogP contribution in [0.4, 0.5) is 0 Å². The summed E-state index contributed by atoms with van der Waals surface area (Å²) >= 11 is 0. The number of carbonyl (C=O) groups excluding carboxylic acids is 1. The molecule has 0 bridgehead atoms. The zero-order valence-electron chi connectivity index (χ0n) is 9.38. The molecule has 0 aliphatic carbocycles. The van der Waals surface area contributed by atoms with Gasteiger partial charge >= 0.3 is 0 Å². The van der Waals surface area contributed by atoms with Crippen molar-refractivity contribution in [3.05, 3.63) is 30.2 Å². The Bertz CT molecular complexity index is 522. The second-order valence-corrected chi connectivity index (χ2v) is 5.69. The van der Waals surface area contributed by atoms with Gasteiger partial charge in [-0.25, -0.2) is 8.42 Å². The first-order valence-corrected chi connectivity index (χ1v) is 6.84. The second-order valence-electron chi connectivity index (χ2n) is 3.71. The predicted octanol–water partition coefficient (Wildman–Crippen LogP) is 0.614. The highest BCUT2D eigenvalue weighted by Gasteiger charge is 2.13. The number of phenolic OH excluding ortho intramolecular Hbond substituents is 1. The first kappa shape index (κ1) is 13.5. The maximum atomic E-state index is 11.3. The average Bonchev–Trinajstić information content (AvgIpc) is 2.18. The van der Waals surface area contributed by atoms with Gasteiger partial charge in [-0.1, -0.05) is 6.07 Å². The Morgan fingerprint density at radius 1 is 1.47 bits per heavy atom. The number of nitrogens with two attached hydrogens (primary N) is 1. The first-order valence-electron chi connectivity index (χ1n) is 4.95. The number of phenols is 1. The van der Waals surface area contributed by atoms with Crippen molar-refractivity contribution < 1.29 is 18.3 Å². The van der Waals surface area contributed by atoms with Crippen LogP contribution in [-0.4, -0.2) is 25.7 Å². The van der Waals surface area contributed by atoms with Crippen molar-refractivity contribution in [2.45, 2.75) is 17.7 Å². The van der Waals surface area contributed by atoms with Crippen molar-refractivity contribution >= 4 is 15.7 Å². The Morgan fingerprint density at radius 3 is 2.65 bits per heavy atom. The summed E-state index contributed by atoms with van der Waals surface area (Å²) < 4.78 is 22.7. The summed E-state index contributed by atoms with van der Waals surface area (Å²) in [6, 6.07) is 4.25. The number of hydrogen-bond acceptors (Lipinski definition) is 4. The maximum Gasteiger partial charge on any atom is 0.217 e. The van der Waals surface area contributed by atoms with Gasteiger partial charge < -0.3 is 10.8 Å². The van der Waals surface area contributed by atoms with Crippen molar-refractivity contribution in [1.29, 1.82) is 0 Å². The van der Waals surface area contributed by atoms with Gasteiger partial charge in [0.25, 0.3) is 0 Å². The van der Waals surface area contributed by atoms with Crippen molar-refractivity contribution in [1.82, 2.24) is 0 Å². The Hall–Kier alpha value is -1.56. The fraction of sp³-hybridized carbons (Fsp3) is 0.273. The smallest absolute Gasteiger partial charge is 0.217 e. The molecule has 0 aliphatic heterocycles. The molecule has 0 aromatic heterocycles. The van der Waals surface area contributed by atoms with Crippen LogP contribution >= 0.6 is 0 Å². The van der Waals surface area contributed by atoms with Gasteiger partial charge in [0.15, 0.2) is 9.84 Å². The molecular formula is C11H14NO4S. The first-order chi connectivity index (χ1) is 7.80. The number of amides is 1. The van der Waals surface area contributed by atoms with E-state index in [1.165, 1.54) is 12.1 Å². The number of rotatable bonds is 5. The van der Waals surface area contributed by atoms with Crippen LogP contribution in [0, 0.1) is 6.42 Å². The van der Waals surface area contributed by atoms with E-state index in [0.717, 1.165) is 6.26 Å². The molecule has 1 rings (SSSR count). The van der Waals surface area contributed by atoms with Crippen molar-refractivity contribution in [3.63, 3.8) is 0 Å². The Labute approximate surface area is 100 Å². The SMILES string of the molecule is CS(=O)(=O)c1cc([CH]CCC(N)=O)ccc1O. The molecule has 0 heterocycles. The third-order valence-electron chi connectivity index (χ3n) is 2.15. The predicted molar refractivity (Wildman–Crippen MR) is 63.0 cm³/mol. The number of benzene rings is 1. The van der Waals surface area contributed by atoms with E-state index in [-0.39, 0.29) is 17.1 Å². The molecule has 5 nitrogen and oxygen atoms in total. The van der Waals surface area contributed by atoms with Crippen molar-refractivity contribution in [2.75, 3.05) is 6.26 Å². The summed E-state index contributed by atoms with van der Waals surface area (Å²) in [6.07, 6.45) is 3.35. The Morgan fingerprint density at radius 2 is 2.12 bits per heavy atom. The molecular weight excluding hydrogens is 242 g/mol. The lowest BCUT2D eigenvalue weighted by Crippen LogP contribution is -2.09. The zero-order chi connectivity index (χ0) is 13.1. The third-order valence-corrected chi connectivity index (χ3v) is 3.28. The number of aromatic hydroxyl groups is 1. The van der Waals surface area contributed by atoms with E-state index in [2.05, 4.69) is 0 Å². The highest BCUT2D eigenvalue weighted by Crippen LogP contribution is 2.24. The molecule has 3 N–H and O–H groups in total. The quantitative estimate of drug-likeness (QED) is 0.806. The van der Waals surface area contributed by atoms with Crippen LogP contribution in [0.3, 0.4) is 0 Å². The van der Waals surface area contributed by atoms with E-state index in [9.17, 15) is 18.3 Å². The molecule has 6 heteroatoms. The Balaban J connectivity index is 2.86. The summed E-state index contributed by atoms with van der Waals surface area (Å²) in [7, 11) is -3.46. The Kier molecular flexibility index (Phi) is 4.11. The molecule has 1 amide bonds. The van der Waals surface area contributed by atoms with E-state index in [1.54, 1.807) is 12.5 Å². The summed E-state index contributed by atoms with van der Waals surface area (Å²) in [5, 5.41) is 9.42. The van der Waals surface area contributed by atoms with Gasteiger partial charge in [0, 0.05) is 12.7 Å². The van der Waals surface area contributed by atoms with Crippen molar-refractivity contribution in [3.8, 4) is 5.75 Å². The minimum absolute atomic E-state index is 0.120. The third kappa shape index (κ3) is 4.07. The molecule has 0 unspecified atom stereocenters. The minimum atomic E-state index is -3.46. The van der Waals surface area contributed by atoms with Gasteiger partial charge in [0.05, 0.1) is 0 Å². The highest BCUT2D eigenvalue weighted by atomic mass is 32.2. The number of carbonyl (C=O) groups is 1. The zero-order valence-corrected chi connectivity index (χ0v) is 10.2. The molecule has 1 aromatic carbocycles. The number of hydrogen-bond donors (Lipinski definition) is 2. The standard InChI is InChI=1S/C11H14NO4S/c1-17(15,16)10-7-8(5-6-9(10)13)3-2-4-11(12)14/h3,5-7,13H,2,4H2,1H3,(H2,12,14). The molecule has 0 aliphatic rings. The normalized spacial score (nSPS) is 11.4. The van der Waals surface area contributed by atoms with Crippen LogP contribution in [0.25, 0.3) is 0 Å². The monoisotopic (exact) mass is 256 g/mol. The lowest BCUT2D eigenvalue weighted by Gasteiger charge is -2.05. The number of sulfone groups is 1. The average molecular weight is 256 g/mol. The summed E-state index contributed by atoms with van der Waals surface area (Å²) in [4.78, 5) is 10.4. The molecule has 1 radical (unpaired) electrons.